The van der Waals surface area contributed by atoms with E-state index in [1.54, 1.807) is 17.0 Å². The van der Waals surface area contributed by atoms with Gasteiger partial charge in [-0.1, -0.05) is 6.92 Å². The number of piperidine rings is 1. The normalized spacial score (nSPS) is 23.1. The molecular weight excluding hydrogens is 290 g/mol. The summed E-state index contributed by atoms with van der Waals surface area (Å²) >= 11 is 0. The van der Waals surface area contributed by atoms with Crippen molar-refractivity contribution in [3.05, 3.63) is 29.8 Å². The molecule has 0 radical (unpaired) electrons. The topological polar surface area (TPSA) is 74.7 Å². The van der Waals surface area contributed by atoms with Crippen molar-refractivity contribution in [1.29, 1.82) is 0 Å². The summed E-state index contributed by atoms with van der Waals surface area (Å²) in [4.78, 5) is 14.4. The van der Waals surface area contributed by atoms with Gasteiger partial charge in [0.1, 0.15) is 0 Å². The minimum Gasteiger partial charge on any atom is -0.393 e. The monoisotopic (exact) mass is 311 g/mol. The van der Waals surface area contributed by atoms with Crippen molar-refractivity contribution in [2.45, 2.75) is 30.8 Å². The highest BCUT2D eigenvalue weighted by Crippen LogP contribution is 2.22. The first kappa shape index (κ1) is 16.0. The number of hydrogen-bond donors (Lipinski definition) is 1. The zero-order valence-corrected chi connectivity index (χ0v) is 13.1. The van der Waals surface area contributed by atoms with Crippen molar-refractivity contribution in [1.82, 2.24) is 4.90 Å². The maximum atomic E-state index is 12.4. The number of aliphatic hydroxyl groups is 1. The van der Waals surface area contributed by atoms with Crippen molar-refractivity contribution in [2.75, 3.05) is 19.3 Å². The fraction of sp³-hybridized carbons (Fsp3) is 0.533. The second kappa shape index (κ2) is 6.15. The fourth-order valence-electron chi connectivity index (χ4n) is 2.63. The first-order chi connectivity index (χ1) is 9.82. The van der Waals surface area contributed by atoms with Gasteiger partial charge >= 0.3 is 0 Å². The number of nitrogens with zero attached hydrogens (tertiary/aromatic N) is 1. The largest absolute Gasteiger partial charge is 0.393 e. The summed E-state index contributed by atoms with van der Waals surface area (Å²) in [7, 11) is -3.25. The molecule has 0 aliphatic carbocycles. The molecular formula is C15H21NO4S. The van der Waals surface area contributed by atoms with E-state index in [0.29, 0.717) is 25.1 Å². The molecule has 1 amide bonds. The Morgan fingerprint density at radius 1 is 1.33 bits per heavy atom. The average Bonchev–Trinajstić information content (AvgIpc) is 2.46. The van der Waals surface area contributed by atoms with Crippen LogP contribution >= 0.6 is 0 Å². The zero-order chi connectivity index (χ0) is 15.6. The van der Waals surface area contributed by atoms with Gasteiger partial charge in [0.2, 0.25) is 0 Å². The Hall–Kier alpha value is -1.40. The van der Waals surface area contributed by atoms with Gasteiger partial charge in [-0.05, 0) is 37.1 Å². The molecule has 0 spiro atoms. The first-order valence-corrected chi connectivity index (χ1v) is 8.99. The molecule has 2 rings (SSSR count). The summed E-state index contributed by atoms with van der Waals surface area (Å²) in [5.41, 5.74) is 0.480. The molecule has 1 saturated heterocycles. The van der Waals surface area contributed by atoms with E-state index in [2.05, 4.69) is 0 Å². The number of benzene rings is 1. The number of carbonyl (C=O) groups is 1. The summed E-state index contributed by atoms with van der Waals surface area (Å²) in [6, 6.07) is 6.01. The van der Waals surface area contributed by atoms with Gasteiger partial charge in [-0.2, -0.15) is 0 Å². The van der Waals surface area contributed by atoms with Crippen molar-refractivity contribution >= 4 is 15.7 Å². The van der Waals surface area contributed by atoms with E-state index < -0.39 is 9.84 Å². The first-order valence-electron chi connectivity index (χ1n) is 7.10. The van der Waals surface area contributed by atoms with Crippen LogP contribution in [0.1, 0.15) is 30.1 Å². The van der Waals surface area contributed by atoms with Crippen LogP contribution in [0.5, 0.6) is 0 Å². The molecule has 1 N–H and O–H groups in total. The molecule has 0 bridgehead atoms. The molecule has 6 heteroatoms. The second-order valence-electron chi connectivity index (χ2n) is 5.57. The van der Waals surface area contributed by atoms with Gasteiger partial charge in [0, 0.05) is 30.8 Å². The van der Waals surface area contributed by atoms with Gasteiger partial charge in [-0.3, -0.25) is 4.79 Å². The highest BCUT2D eigenvalue weighted by molar-refractivity contribution is 7.90. The van der Waals surface area contributed by atoms with E-state index in [0.717, 1.165) is 12.7 Å². The Balaban J connectivity index is 2.13. The van der Waals surface area contributed by atoms with Crippen LogP contribution in [0.25, 0.3) is 0 Å². The van der Waals surface area contributed by atoms with Crippen LogP contribution in [0.15, 0.2) is 29.2 Å². The number of sulfone groups is 1. The SMILES string of the molecule is CCC1CN(C(=O)c2ccc(S(C)(=O)=O)cc2)CCC1O. The number of hydrogen-bond acceptors (Lipinski definition) is 4. The molecule has 1 aromatic rings. The van der Waals surface area contributed by atoms with Crippen LogP contribution in [-0.4, -0.2) is 49.8 Å². The molecule has 1 aromatic carbocycles. The summed E-state index contributed by atoms with van der Waals surface area (Å²) < 4.78 is 22.8. The molecule has 1 fully saturated rings. The Kier molecular flexibility index (Phi) is 4.68. The molecule has 1 aliphatic heterocycles. The van der Waals surface area contributed by atoms with Gasteiger partial charge < -0.3 is 10.0 Å². The maximum absolute atomic E-state index is 12.4. The van der Waals surface area contributed by atoms with Crippen molar-refractivity contribution in [2.24, 2.45) is 5.92 Å². The van der Waals surface area contributed by atoms with Crippen molar-refractivity contribution in [3.63, 3.8) is 0 Å². The van der Waals surface area contributed by atoms with Crippen LogP contribution in [0, 0.1) is 5.92 Å². The van der Waals surface area contributed by atoms with Crippen LogP contribution in [0.2, 0.25) is 0 Å². The van der Waals surface area contributed by atoms with Gasteiger partial charge in [0.15, 0.2) is 9.84 Å². The molecule has 2 atom stereocenters. The molecule has 2 unspecified atom stereocenters. The predicted octanol–water partition coefficient (Wildman–Crippen LogP) is 1.32. The Morgan fingerprint density at radius 2 is 1.95 bits per heavy atom. The van der Waals surface area contributed by atoms with E-state index in [1.165, 1.54) is 12.1 Å². The highest BCUT2D eigenvalue weighted by Gasteiger charge is 2.29. The lowest BCUT2D eigenvalue weighted by molar-refractivity contribution is 0.0229. The van der Waals surface area contributed by atoms with E-state index in [-0.39, 0.29) is 22.8 Å². The van der Waals surface area contributed by atoms with Gasteiger partial charge in [0.25, 0.3) is 5.91 Å². The van der Waals surface area contributed by atoms with Gasteiger partial charge in [-0.25, -0.2) is 8.42 Å². The van der Waals surface area contributed by atoms with Crippen LogP contribution in [0.4, 0.5) is 0 Å². The summed E-state index contributed by atoms with van der Waals surface area (Å²) in [6.07, 6.45) is 2.22. The Bertz CT molecular complexity index is 609. The average molecular weight is 311 g/mol. The lowest BCUT2D eigenvalue weighted by Gasteiger charge is -2.35. The summed E-state index contributed by atoms with van der Waals surface area (Å²) in [5.74, 6) is -0.00149. The number of likely N-dealkylation sites (tertiary alicyclic amines) is 1. The lowest BCUT2D eigenvalue weighted by Crippen LogP contribution is -2.45. The van der Waals surface area contributed by atoms with Gasteiger partial charge in [-0.15, -0.1) is 0 Å². The molecule has 0 aromatic heterocycles. The second-order valence-corrected chi connectivity index (χ2v) is 7.59. The third kappa shape index (κ3) is 3.63. The number of rotatable bonds is 3. The molecule has 0 saturated carbocycles. The number of carbonyl (C=O) groups excluding carboxylic acids is 1. The standard InChI is InChI=1S/C15H21NO4S/c1-3-11-10-16(9-8-14(11)17)15(18)12-4-6-13(7-5-12)21(2,19)20/h4-7,11,14,17H,3,8-10H2,1-2H3. The molecule has 5 nitrogen and oxygen atoms in total. The molecule has 116 valence electrons. The van der Waals surface area contributed by atoms with Crippen LogP contribution < -0.4 is 0 Å². The summed E-state index contributed by atoms with van der Waals surface area (Å²) in [5, 5.41) is 9.86. The smallest absolute Gasteiger partial charge is 0.253 e. The zero-order valence-electron chi connectivity index (χ0n) is 12.3. The lowest BCUT2D eigenvalue weighted by atomic mass is 9.92. The van der Waals surface area contributed by atoms with E-state index in [9.17, 15) is 18.3 Å². The predicted molar refractivity (Wildman–Crippen MR) is 79.9 cm³/mol. The fourth-order valence-corrected chi connectivity index (χ4v) is 3.26. The quantitative estimate of drug-likeness (QED) is 0.913. The third-order valence-electron chi connectivity index (χ3n) is 4.03. The number of aliphatic hydroxyl groups excluding tert-OH is 1. The summed E-state index contributed by atoms with van der Waals surface area (Å²) in [6.45, 7) is 3.08. The third-order valence-corrected chi connectivity index (χ3v) is 5.16. The number of amides is 1. The maximum Gasteiger partial charge on any atom is 0.253 e. The molecule has 1 aliphatic rings. The minimum absolute atomic E-state index is 0.109. The Labute approximate surface area is 125 Å². The Morgan fingerprint density at radius 3 is 2.48 bits per heavy atom. The van der Waals surface area contributed by atoms with Crippen molar-refractivity contribution < 1.29 is 18.3 Å². The van der Waals surface area contributed by atoms with Crippen LogP contribution in [0.3, 0.4) is 0 Å². The minimum atomic E-state index is -3.25. The molecule has 1 heterocycles. The van der Waals surface area contributed by atoms with E-state index >= 15 is 0 Å². The van der Waals surface area contributed by atoms with Crippen LogP contribution in [-0.2, 0) is 9.84 Å². The van der Waals surface area contributed by atoms with E-state index in [4.69, 9.17) is 0 Å². The highest BCUT2D eigenvalue weighted by atomic mass is 32.2. The van der Waals surface area contributed by atoms with Gasteiger partial charge in [0.05, 0.1) is 11.0 Å². The van der Waals surface area contributed by atoms with Crippen molar-refractivity contribution in [3.8, 4) is 0 Å². The molecule has 21 heavy (non-hydrogen) atoms. The van der Waals surface area contributed by atoms with E-state index in [1.807, 2.05) is 6.92 Å².